The molecular weight excluding hydrogens is 370 g/mol. The van der Waals surface area contributed by atoms with Gasteiger partial charge in [0, 0.05) is 23.9 Å². The Labute approximate surface area is 168 Å². The molecule has 0 atom stereocenters. The molecule has 3 rings (SSSR count). The molecule has 0 aliphatic heterocycles. The summed E-state index contributed by atoms with van der Waals surface area (Å²) in [4.78, 5) is 24.8. The Kier molecular flexibility index (Phi) is 6.04. The number of likely N-dealkylation sites (N-methyl/N-ethyl adjacent to an activating group) is 1. The minimum absolute atomic E-state index is 0.0987. The van der Waals surface area contributed by atoms with Gasteiger partial charge in [-0.1, -0.05) is 30.3 Å². The van der Waals surface area contributed by atoms with Gasteiger partial charge in [-0.3, -0.25) is 19.8 Å². The van der Waals surface area contributed by atoms with Crippen molar-refractivity contribution in [1.29, 1.82) is 0 Å². The SMILES string of the molecule is Cc1nn(-c2ccccc2)c(C)c1CN(C)CC(=O)Nc1ccccc1[N+](=O)[O-]. The Hall–Kier alpha value is -3.52. The molecule has 0 radical (unpaired) electrons. The molecule has 1 aromatic heterocycles. The standard InChI is InChI=1S/C21H23N5O3/c1-15-18(16(2)25(23-15)17-9-5-4-6-10-17)13-24(3)14-21(27)22-19-11-7-8-12-20(19)26(28)29/h4-12H,13-14H2,1-3H3,(H,22,27). The minimum Gasteiger partial charge on any atom is -0.319 e. The number of aryl methyl sites for hydroxylation is 1. The second-order valence-corrected chi connectivity index (χ2v) is 6.89. The summed E-state index contributed by atoms with van der Waals surface area (Å²) in [5, 5.41) is 18.3. The third-order valence-corrected chi connectivity index (χ3v) is 4.66. The second-order valence-electron chi connectivity index (χ2n) is 6.89. The normalized spacial score (nSPS) is 10.9. The number of benzene rings is 2. The smallest absolute Gasteiger partial charge is 0.292 e. The van der Waals surface area contributed by atoms with Crippen molar-refractivity contribution >= 4 is 17.3 Å². The predicted molar refractivity (Wildman–Crippen MR) is 111 cm³/mol. The van der Waals surface area contributed by atoms with Gasteiger partial charge in [-0.05, 0) is 39.1 Å². The monoisotopic (exact) mass is 393 g/mol. The van der Waals surface area contributed by atoms with Gasteiger partial charge in [0.15, 0.2) is 0 Å². The highest BCUT2D eigenvalue weighted by molar-refractivity contribution is 5.94. The third-order valence-electron chi connectivity index (χ3n) is 4.66. The van der Waals surface area contributed by atoms with E-state index in [9.17, 15) is 14.9 Å². The number of carbonyl (C=O) groups excluding carboxylic acids is 1. The van der Waals surface area contributed by atoms with Crippen LogP contribution in [0.1, 0.15) is 17.0 Å². The maximum atomic E-state index is 12.4. The molecule has 0 bridgehead atoms. The summed E-state index contributed by atoms with van der Waals surface area (Å²) < 4.78 is 1.89. The molecule has 0 saturated heterocycles. The lowest BCUT2D eigenvalue weighted by Gasteiger charge is -2.17. The Balaban J connectivity index is 1.69. The fourth-order valence-electron chi connectivity index (χ4n) is 3.22. The van der Waals surface area contributed by atoms with Gasteiger partial charge in [0.25, 0.3) is 5.69 Å². The number of nitrogens with one attached hydrogen (secondary N) is 1. The zero-order chi connectivity index (χ0) is 21.0. The zero-order valence-electron chi connectivity index (χ0n) is 16.6. The van der Waals surface area contributed by atoms with Gasteiger partial charge in [0.05, 0.1) is 22.8 Å². The lowest BCUT2D eigenvalue weighted by atomic mass is 10.2. The lowest BCUT2D eigenvalue weighted by Crippen LogP contribution is -2.30. The number of amides is 1. The van der Waals surface area contributed by atoms with Gasteiger partial charge in [0.2, 0.25) is 5.91 Å². The fraction of sp³-hybridized carbons (Fsp3) is 0.238. The fourth-order valence-corrected chi connectivity index (χ4v) is 3.22. The van der Waals surface area contributed by atoms with Crippen LogP contribution >= 0.6 is 0 Å². The topological polar surface area (TPSA) is 93.3 Å². The van der Waals surface area contributed by atoms with Crippen LogP contribution in [0.4, 0.5) is 11.4 Å². The van der Waals surface area contributed by atoms with Gasteiger partial charge in [-0.15, -0.1) is 0 Å². The summed E-state index contributed by atoms with van der Waals surface area (Å²) in [6.45, 7) is 4.59. The number of rotatable bonds is 7. The molecule has 0 fully saturated rings. The number of nitro groups is 1. The van der Waals surface area contributed by atoms with Crippen LogP contribution in [0.25, 0.3) is 5.69 Å². The third kappa shape index (κ3) is 4.67. The van der Waals surface area contributed by atoms with Crippen molar-refractivity contribution in [2.24, 2.45) is 0 Å². The summed E-state index contributed by atoms with van der Waals surface area (Å²) in [7, 11) is 1.83. The van der Waals surface area contributed by atoms with E-state index in [1.807, 2.05) is 60.8 Å². The highest BCUT2D eigenvalue weighted by atomic mass is 16.6. The summed E-state index contributed by atoms with van der Waals surface area (Å²) in [5.74, 6) is -0.312. The number of para-hydroxylation sites is 3. The number of anilines is 1. The van der Waals surface area contributed by atoms with Crippen molar-refractivity contribution in [1.82, 2.24) is 14.7 Å². The van der Waals surface area contributed by atoms with E-state index in [1.54, 1.807) is 12.1 Å². The van der Waals surface area contributed by atoms with E-state index in [4.69, 9.17) is 0 Å². The van der Waals surface area contributed by atoms with Crippen molar-refractivity contribution in [2.45, 2.75) is 20.4 Å². The number of carbonyl (C=O) groups is 1. The highest BCUT2D eigenvalue weighted by Gasteiger charge is 2.18. The predicted octanol–water partition coefficient (Wildman–Crippen LogP) is 3.47. The van der Waals surface area contributed by atoms with Gasteiger partial charge < -0.3 is 5.32 Å². The molecule has 2 aromatic carbocycles. The maximum absolute atomic E-state index is 12.4. The van der Waals surface area contributed by atoms with E-state index in [0.717, 1.165) is 22.6 Å². The summed E-state index contributed by atoms with van der Waals surface area (Å²) >= 11 is 0. The molecule has 8 nitrogen and oxygen atoms in total. The molecule has 1 heterocycles. The molecule has 0 aliphatic rings. The van der Waals surface area contributed by atoms with Crippen LogP contribution in [0.3, 0.4) is 0 Å². The molecule has 8 heteroatoms. The molecule has 0 unspecified atom stereocenters. The van der Waals surface area contributed by atoms with E-state index < -0.39 is 4.92 Å². The van der Waals surface area contributed by atoms with Gasteiger partial charge in [-0.25, -0.2) is 4.68 Å². The van der Waals surface area contributed by atoms with Crippen molar-refractivity contribution in [2.75, 3.05) is 18.9 Å². The minimum atomic E-state index is -0.510. The molecule has 1 amide bonds. The Bertz CT molecular complexity index is 1030. The van der Waals surface area contributed by atoms with Gasteiger partial charge in [0.1, 0.15) is 5.69 Å². The Morgan fingerprint density at radius 2 is 1.79 bits per heavy atom. The highest BCUT2D eigenvalue weighted by Crippen LogP contribution is 2.23. The van der Waals surface area contributed by atoms with Crippen molar-refractivity contribution in [3.63, 3.8) is 0 Å². The first-order valence-electron chi connectivity index (χ1n) is 9.19. The average Bonchev–Trinajstić information content (AvgIpc) is 2.97. The first kappa shape index (κ1) is 20.2. The van der Waals surface area contributed by atoms with Crippen LogP contribution in [0.15, 0.2) is 54.6 Å². The van der Waals surface area contributed by atoms with Crippen LogP contribution in [-0.4, -0.2) is 39.1 Å². The molecule has 3 aromatic rings. The number of hydrogen-bond acceptors (Lipinski definition) is 5. The van der Waals surface area contributed by atoms with E-state index >= 15 is 0 Å². The first-order valence-corrected chi connectivity index (χ1v) is 9.19. The van der Waals surface area contributed by atoms with Crippen LogP contribution < -0.4 is 5.32 Å². The van der Waals surface area contributed by atoms with Crippen LogP contribution in [0, 0.1) is 24.0 Å². The van der Waals surface area contributed by atoms with Crippen LogP contribution in [0.5, 0.6) is 0 Å². The van der Waals surface area contributed by atoms with Gasteiger partial charge >= 0.3 is 0 Å². The van der Waals surface area contributed by atoms with E-state index in [0.29, 0.717) is 6.54 Å². The maximum Gasteiger partial charge on any atom is 0.292 e. The molecule has 150 valence electrons. The van der Waals surface area contributed by atoms with Crippen molar-refractivity contribution in [3.05, 3.63) is 81.7 Å². The van der Waals surface area contributed by atoms with Crippen LogP contribution in [-0.2, 0) is 11.3 Å². The molecule has 1 N–H and O–H groups in total. The quantitative estimate of drug-likeness (QED) is 0.490. The number of nitro benzene ring substituents is 1. The van der Waals surface area contributed by atoms with Crippen LogP contribution in [0.2, 0.25) is 0 Å². The van der Waals surface area contributed by atoms with E-state index in [-0.39, 0.29) is 23.8 Å². The average molecular weight is 393 g/mol. The number of hydrogen-bond donors (Lipinski definition) is 1. The molecule has 29 heavy (non-hydrogen) atoms. The lowest BCUT2D eigenvalue weighted by molar-refractivity contribution is -0.383. The number of nitrogens with zero attached hydrogens (tertiary/aromatic N) is 4. The Morgan fingerprint density at radius 1 is 1.14 bits per heavy atom. The van der Waals surface area contributed by atoms with E-state index in [2.05, 4.69) is 10.4 Å². The molecule has 0 saturated carbocycles. The molecule has 0 spiro atoms. The first-order chi connectivity index (χ1) is 13.9. The van der Waals surface area contributed by atoms with E-state index in [1.165, 1.54) is 12.1 Å². The molecular formula is C21H23N5O3. The largest absolute Gasteiger partial charge is 0.319 e. The summed E-state index contributed by atoms with van der Waals surface area (Å²) in [6.07, 6.45) is 0. The van der Waals surface area contributed by atoms with Gasteiger partial charge in [-0.2, -0.15) is 5.10 Å². The zero-order valence-corrected chi connectivity index (χ0v) is 16.6. The summed E-state index contributed by atoms with van der Waals surface area (Å²) in [6, 6.07) is 16.0. The summed E-state index contributed by atoms with van der Waals surface area (Å²) in [5.41, 5.74) is 4.02. The second kappa shape index (κ2) is 8.66. The number of aromatic nitrogens is 2. The molecule has 0 aliphatic carbocycles. The van der Waals surface area contributed by atoms with Crippen molar-refractivity contribution in [3.8, 4) is 5.69 Å². The Morgan fingerprint density at radius 3 is 2.48 bits per heavy atom. The van der Waals surface area contributed by atoms with Crippen molar-refractivity contribution < 1.29 is 9.72 Å².